The van der Waals surface area contributed by atoms with Gasteiger partial charge in [-0.25, -0.2) is 4.79 Å². The third-order valence-electron chi connectivity index (χ3n) is 4.76. The number of fused-ring (bicyclic) bond motifs is 1. The van der Waals surface area contributed by atoms with Gasteiger partial charge in [0.15, 0.2) is 0 Å². The van der Waals surface area contributed by atoms with Crippen LogP contribution in [0.1, 0.15) is 31.2 Å². The van der Waals surface area contributed by atoms with Gasteiger partial charge in [-0.3, -0.25) is 14.9 Å². The summed E-state index contributed by atoms with van der Waals surface area (Å²) in [5.41, 5.74) is 2.12. The van der Waals surface area contributed by atoms with Gasteiger partial charge in [-0.15, -0.1) is 0 Å². The Labute approximate surface area is 144 Å². The molecule has 1 aliphatic heterocycles. The molecule has 0 unspecified atom stereocenters. The molecule has 2 heterocycles. The molecule has 0 bridgehead atoms. The Bertz CT molecular complexity index is 840. The molecule has 1 saturated heterocycles. The maximum atomic E-state index is 13.0. The highest BCUT2D eigenvalue weighted by Gasteiger charge is 2.37. The minimum Gasteiger partial charge on any atom is -0.361 e. The fourth-order valence-corrected chi connectivity index (χ4v) is 3.29. The van der Waals surface area contributed by atoms with Crippen LogP contribution in [0.25, 0.3) is 10.9 Å². The topological polar surface area (TPSA) is 94.3 Å². The maximum absolute atomic E-state index is 13.0. The molecule has 130 valence electrons. The van der Waals surface area contributed by atoms with Gasteiger partial charge in [0, 0.05) is 30.7 Å². The Hall–Kier alpha value is -2.83. The Balaban J connectivity index is 1.53. The van der Waals surface area contributed by atoms with Gasteiger partial charge < -0.3 is 15.2 Å². The molecule has 1 aliphatic carbocycles. The first kappa shape index (κ1) is 15.7. The Kier molecular flexibility index (Phi) is 3.91. The number of nitrogens with one attached hydrogen (secondary N) is 3. The number of hydrogen-bond donors (Lipinski definition) is 3. The number of rotatable bonds is 4. The van der Waals surface area contributed by atoms with Gasteiger partial charge in [0.2, 0.25) is 11.8 Å². The summed E-state index contributed by atoms with van der Waals surface area (Å²) < 4.78 is 0. The Morgan fingerprint density at radius 3 is 2.80 bits per heavy atom. The Morgan fingerprint density at radius 1 is 1.16 bits per heavy atom. The predicted molar refractivity (Wildman–Crippen MR) is 91.6 cm³/mol. The first-order valence-electron chi connectivity index (χ1n) is 8.57. The number of aromatic nitrogens is 1. The van der Waals surface area contributed by atoms with Crippen molar-refractivity contribution in [3.63, 3.8) is 0 Å². The lowest BCUT2D eigenvalue weighted by Gasteiger charge is -2.27. The maximum Gasteiger partial charge on any atom is 0.322 e. The first-order chi connectivity index (χ1) is 12.1. The van der Waals surface area contributed by atoms with Crippen molar-refractivity contribution in [3.8, 4) is 0 Å². The van der Waals surface area contributed by atoms with Crippen LogP contribution < -0.4 is 10.6 Å². The van der Waals surface area contributed by atoms with Gasteiger partial charge in [0.1, 0.15) is 6.04 Å². The van der Waals surface area contributed by atoms with Gasteiger partial charge in [-0.1, -0.05) is 6.07 Å². The van der Waals surface area contributed by atoms with Gasteiger partial charge >= 0.3 is 6.03 Å². The third-order valence-corrected chi connectivity index (χ3v) is 4.76. The van der Waals surface area contributed by atoms with Gasteiger partial charge in [-0.05, 0) is 48.4 Å². The molecule has 4 amide bonds. The molecule has 7 nitrogen and oxygen atoms in total. The van der Waals surface area contributed by atoms with Crippen molar-refractivity contribution in [2.24, 2.45) is 0 Å². The zero-order valence-corrected chi connectivity index (χ0v) is 13.7. The van der Waals surface area contributed by atoms with Crippen molar-refractivity contribution in [2.75, 3.05) is 0 Å². The molecule has 1 saturated carbocycles. The molecule has 2 aromatic rings. The van der Waals surface area contributed by atoms with Crippen LogP contribution in [0.15, 0.2) is 30.5 Å². The molecule has 4 rings (SSSR count). The smallest absolute Gasteiger partial charge is 0.322 e. The third kappa shape index (κ3) is 3.35. The molecule has 0 spiro atoms. The zero-order valence-electron chi connectivity index (χ0n) is 13.7. The van der Waals surface area contributed by atoms with E-state index in [1.165, 1.54) is 0 Å². The van der Waals surface area contributed by atoms with Crippen molar-refractivity contribution in [2.45, 2.75) is 44.3 Å². The van der Waals surface area contributed by atoms with Crippen LogP contribution in [-0.4, -0.2) is 39.8 Å². The zero-order chi connectivity index (χ0) is 17.4. The summed E-state index contributed by atoms with van der Waals surface area (Å²) in [4.78, 5) is 41.1. The van der Waals surface area contributed by atoms with Crippen molar-refractivity contribution in [1.29, 1.82) is 0 Å². The van der Waals surface area contributed by atoms with E-state index in [1.807, 2.05) is 29.3 Å². The van der Waals surface area contributed by atoms with Crippen molar-refractivity contribution in [3.05, 3.63) is 36.0 Å². The van der Waals surface area contributed by atoms with Crippen LogP contribution in [0, 0.1) is 0 Å². The Morgan fingerprint density at radius 2 is 2.00 bits per heavy atom. The highest BCUT2D eigenvalue weighted by Crippen LogP contribution is 2.30. The van der Waals surface area contributed by atoms with Crippen LogP contribution in [0.5, 0.6) is 0 Å². The first-order valence-corrected chi connectivity index (χ1v) is 8.57. The molecule has 0 radical (unpaired) electrons. The van der Waals surface area contributed by atoms with Crippen molar-refractivity contribution >= 4 is 28.7 Å². The highest BCUT2D eigenvalue weighted by molar-refractivity contribution is 5.98. The second kappa shape index (κ2) is 6.23. The van der Waals surface area contributed by atoms with Crippen molar-refractivity contribution in [1.82, 2.24) is 20.5 Å². The lowest BCUT2D eigenvalue weighted by atomic mass is 10.1. The van der Waals surface area contributed by atoms with Gasteiger partial charge in [0.25, 0.3) is 0 Å². The van der Waals surface area contributed by atoms with Gasteiger partial charge in [-0.2, -0.15) is 0 Å². The molecule has 3 N–H and O–H groups in total. The van der Waals surface area contributed by atoms with E-state index in [-0.39, 0.29) is 24.3 Å². The van der Waals surface area contributed by atoms with E-state index in [0.717, 1.165) is 29.3 Å². The predicted octanol–water partition coefficient (Wildman–Crippen LogP) is 1.65. The molecular weight excluding hydrogens is 320 g/mol. The van der Waals surface area contributed by atoms with E-state index < -0.39 is 12.1 Å². The molecule has 2 fully saturated rings. The molecule has 25 heavy (non-hydrogen) atoms. The largest absolute Gasteiger partial charge is 0.361 e. The van der Waals surface area contributed by atoms with E-state index in [1.54, 1.807) is 0 Å². The van der Waals surface area contributed by atoms with E-state index in [0.29, 0.717) is 13.0 Å². The van der Waals surface area contributed by atoms with Crippen LogP contribution in [0.2, 0.25) is 0 Å². The number of imide groups is 1. The fraction of sp³-hybridized carbons (Fsp3) is 0.389. The van der Waals surface area contributed by atoms with Crippen LogP contribution in [0.3, 0.4) is 0 Å². The average molecular weight is 340 g/mol. The quantitative estimate of drug-likeness (QED) is 0.790. The average Bonchev–Trinajstić information content (AvgIpc) is 3.35. The molecule has 7 heteroatoms. The minimum absolute atomic E-state index is 0.110. The summed E-state index contributed by atoms with van der Waals surface area (Å²) in [5, 5.41) is 5.94. The summed E-state index contributed by atoms with van der Waals surface area (Å²) in [7, 11) is 0. The summed E-state index contributed by atoms with van der Waals surface area (Å²) in [6.45, 7) is 0.512. The molecule has 1 aromatic heterocycles. The number of hydrogen-bond acceptors (Lipinski definition) is 3. The van der Waals surface area contributed by atoms with E-state index in [4.69, 9.17) is 0 Å². The number of urea groups is 1. The lowest BCUT2D eigenvalue weighted by molar-refractivity contribution is -0.134. The summed E-state index contributed by atoms with van der Waals surface area (Å²) in [6, 6.07) is 7.08. The van der Waals surface area contributed by atoms with Crippen LogP contribution >= 0.6 is 0 Å². The number of carbonyl (C=O) groups excluding carboxylic acids is 3. The second-order valence-electron chi connectivity index (χ2n) is 6.71. The van der Waals surface area contributed by atoms with Gasteiger partial charge in [0.05, 0.1) is 0 Å². The monoisotopic (exact) mass is 340 g/mol. The molecule has 1 atom stereocenters. The number of nitrogens with zero attached hydrogens (tertiary/aromatic N) is 1. The number of amides is 4. The van der Waals surface area contributed by atoms with E-state index >= 15 is 0 Å². The fourth-order valence-electron chi connectivity index (χ4n) is 3.29. The van der Waals surface area contributed by atoms with Crippen LogP contribution in [0.4, 0.5) is 4.79 Å². The molecule has 2 aliphatic rings. The van der Waals surface area contributed by atoms with Crippen LogP contribution in [-0.2, 0) is 16.1 Å². The van der Waals surface area contributed by atoms with Crippen molar-refractivity contribution < 1.29 is 14.4 Å². The van der Waals surface area contributed by atoms with E-state index in [9.17, 15) is 14.4 Å². The summed E-state index contributed by atoms with van der Waals surface area (Å²) in [6.07, 6.45) is 4.36. The standard InChI is InChI=1S/C18H20N4O3/c23-16-6-5-15(20-18(25)21-16)17(24)22(13-2-3-13)10-11-1-4-14-12(9-11)7-8-19-14/h1,4,7-9,13,15,19H,2-3,5-6,10H2,(H2,20,21,23,25)/t15-/m1/s1. The number of aromatic amines is 1. The number of H-pyrrole nitrogens is 1. The SMILES string of the molecule is O=C1CC[C@H](C(=O)N(Cc2ccc3[nH]ccc3c2)C2CC2)NC(=O)N1. The number of benzene rings is 1. The summed E-state index contributed by atoms with van der Waals surface area (Å²) in [5.74, 6) is -0.454. The normalized spacial score (nSPS) is 20.7. The second-order valence-corrected chi connectivity index (χ2v) is 6.71. The highest BCUT2D eigenvalue weighted by atomic mass is 16.2. The molecule has 1 aromatic carbocycles. The lowest BCUT2D eigenvalue weighted by Crippen LogP contribution is -2.50. The van der Waals surface area contributed by atoms with E-state index in [2.05, 4.69) is 21.7 Å². The number of carbonyl (C=O) groups is 3. The summed E-state index contributed by atoms with van der Waals surface area (Å²) >= 11 is 0. The molecular formula is C18H20N4O3. The minimum atomic E-state index is -0.650.